The van der Waals surface area contributed by atoms with E-state index in [0.29, 0.717) is 6.04 Å². The molecule has 0 saturated carbocycles. The molecule has 1 N–H and O–H groups in total. The SMILES string of the molecule is CCC1CCNC(/C=C/c2ccc(Cl)s2)C1. The zero-order chi connectivity index (χ0) is 11.4. The van der Waals surface area contributed by atoms with Gasteiger partial charge in [-0.15, -0.1) is 11.3 Å². The van der Waals surface area contributed by atoms with Gasteiger partial charge in [-0.3, -0.25) is 0 Å². The number of hydrogen-bond acceptors (Lipinski definition) is 2. The van der Waals surface area contributed by atoms with Crippen LogP contribution in [-0.4, -0.2) is 12.6 Å². The second-order valence-corrected chi connectivity index (χ2v) is 6.11. The van der Waals surface area contributed by atoms with Crippen LogP contribution >= 0.6 is 22.9 Å². The molecule has 1 saturated heterocycles. The van der Waals surface area contributed by atoms with E-state index in [-0.39, 0.29) is 0 Å². The first-order chi connectivity index (χ1) is 7.78. The van der Waals surface area contributed by atoms with E-state index in [1.807, 2.05) is 6.07 Å². The third-order valence-electron chi connectivity index (χ3n) is 3.21. The lowest BCUT2D eigenvalue weighted by Crippen LogP contribution is -2.36. The number of rotatable bonds is 3. The lowest BCUT2D eigenvalue weighted by atomic mass is 9.90. The highest BCUT2D eigenvalue weighted by Gasteiger charge is 2.17. The van der Waals surface area contributed by atoms with Gasteiger partial charge in [0, 0.05) is 10.9 Å². The topological polar surface area (TPSA) is 12.0 Å². The molecule has 1 aromatic rings. The third-order valence-corrected chi connectivity index (χ3v) is 4.41. The number of nitrogens with one attached hydrogen (secondary N) is 1. The summed E-state index contributed by atoms with van der Waals surface area (Å²) in [7, 11) is 0. The summed E-state index contributed by atoms with van der Waals surface area (Å²) in [6.45, 7) is 3.44. The molecule has 16 heavy (non-hydrogen) atoms. The highest BCUT2D eigenvalue weighted by molar-refractivity contribution is 7.16. The van der Waals surface area contributed by atoms with Crippen LogP contribution in [0.1, 0.15) is 31.1 Å². The van der Waals surface area contributed by atoms with Crippen LogP contribution in [-0.2, 0) is 0 Å². The fourth-order valence-electron chi connectivity index (χ4n) is 2.18. The molecule has 2 rings (SSSR count). The van der Waals surface area contributed by atoms with Gasteiger partial charge in [-0.25, -0.2) is 0 Å². The summed E-state index contributed by atoms with van der Waals surface area (Å²) in [5, 5.41) is 3.55. The highest BCUT2D eigenvalue weighted by atomic mass is 35.5. The predicted molar refractivity (Wildman–Crippen MR) is 73.2 cm³/mol. The maximum absolute atomic E-state index is 5.90. The fraction of sp³-hybridized carbons (Fsp3) is 0.538. The average Bonchev–Trinajstić information content (AvgIpc) is 2.73. The summed E-state index contributed by atoms with van der Waals surface area (Å²) in [6.07, 6.45) is 8.37. The Hall–Kier alpha value is -0.310. The monoisotopic (exact) mass is 255 g/mol. The lowest BCUT2D eigenvalue weighted by Gasteiger charge is -2.27. The minimum Gasteiger partial charge on any atom is -0.310 e. The molecular formula is C13H18ClNS. The summed E-state index contributed by atoms with van der Waals surface area (Å²) in [5.74, 6) is 0.892. The van der Waals surface area contributed by atoms with Crippen molar-refractivity contribution in [3.8, 4) is 0 Å². The Morgan fingerprint density at radius 3 is 3.12 bits per heavy atom. The van der Waals surface area contributed by atoms with Gasteiger partial charge in [-0.2, -0.15) is 0 Å². The molecule has 1 nitrogen and oxygen atoms in total. The molecule has 3 heteroatoms. The van der Waals surface area contributed by atoms with Gasteiger partial charge in [0.15, 0.2) is 0 Å². The first-order valence-corrected chi connectivity index (χ1v) is 7.14. The van der Waals surface area contributed by atoms with Crippen molar-refractivity contribution < 1.29 is 0 Å². The molecule has 2 unspecified atom stereocenters. The quantitative estimate of drug-likeness (QED) is 0.854. The molecule has 0 aliphatic carbocycles. The molecule has 0 aromatic carbocycles. The van der Waals surface area contributed by atoms with Crippen LogP contribution < -0.4 is 5.32 Å². The Bertz CT molecular complexity index is 359. The minimum absolute atomic E-state index is 0.541. The van der Waals surface area contributed by atoms with Crippen LogP contribution in [0.2, 0.25) is 4.34 Å². The van der Waals surface area contributed by atoms with Crippen LogP contribution in [0.3, 0.4) is 0 Å². The second kappa shape index (κ2) is 5.85. The van der Waals surface area contributed by atoms with E-state index in [2.05, 4.69) is 30.5 Å². The minimum atomic E-state index is 0.541. The predicted octanol–water partition coefficient (Wildman–Crippen LogP) is 4.19. The summed E-state index contributed by atoms with van der Waals surface area (Å²) in [4.78, 5) is 1.24. The third kappa shape index (κ3) is 3.34. The summed E-state index contributed by atoms with van der Waals surface area (Å²) < 4.78 is 0.864. The maximum atomic E-state index is 5.90. The molecule has 2 atom stereocenters. The summed E-state index contributed by atoms with van der Waals surface area (Å²) in [5.41, 5.74) is 0. The van der Waals surface area contributed by atoms with Crippen LogP contribution in [0.25, 0.3) is 6.08 Å². The van der Waals surface area contributed by atoms with E-state index < -0.39 is 0 Å². The molecule has 0 bridgehead atoms. The van der Waals surface area contributed by atoms with Crippen LogP contribution in [0.5, 0.6) is 0 Å². The van der Waals surface area contributed by atoms with Crippen molar-refractivity contribution >= 4 is 29.0 Å². The molecule has 0 amide bonds. The van der Waals surface area contributed by atoms with Crippen molar-refractivity contribution in [2.75, 3.05) is 6.54 Å². The van der Waals surface area contributed by atoms with Crippen LogP contribution in [0.15, 0.2) is 18.2 Å². The molecular weight excluding hydrogens is 238 g/mol. The maximum Gasteiger partial charge on any atom is 0.0934 e. The van der Waals surface area contributed by atoms with E-state index in [0.717, 1.165) is 16.8 Å². The van der Waals surface area contributed by atoms with Crippen molar-refractivity contribution in [1.82, 2.24) is 5.32 Å². The van der Waals surface area contributed by atoms with Gasteiger partial charge in [-0.05, 0) is 43.5 Å². The second-order valence-electron chi connectivity index (χ2n) is 4.36. The normalized spacial score (nSPS) is 26.4. The molecule has 1 aliphatic rings. The van der Waals surface area contributed by atoms with E-state index in [9.17, 15) is 0 Å². The fourth-order valence-corrected chi connectivity index (χ4v) is 3.15. The molecule has 0 spiro atoms. The van der Waals surface area contributed by atoms with Gasteiger partial charge in [0.1, 0.15) is 0 Å². The Kier molecular flexibility index (Phi) is 4.45. The Morgan fingerprint density at radius 1 is 1.56 bits per heavy atom. The smallest absolute Gasteiger partial charge is 0.0934 e. The molecule has 2 heterocycles. The number of thiophene rings is 1. The zero-order valence-corrected chi connectivity index (χ0v) is 11.2. The molecule has 88 valence electrons. The number of piperidine rings is 1. The molecule has 1 fully saturated rings. The van der Waals surface area contributed by atoms with E-state index >= 15 is 0 Å². The van der Waals surface area contributed by atoms with Crippen molar-refractivity contribution in [1.29, 1.82) is 0 Å². The first kappa shape index (κ1) is 12.2. The molecule has 1 aromatic heterocycles. The number of halogens is 1. The van der Waals surface area contributed by atoms with Crippen molar-refractivity contribution in [3.63, 3.8) is 0 Å². The zero-order valence-electron chi connectivity index (χ0n) is 9.58. The highest BCUT2D eigenvalue weighted by Crippen LogP contribution is 2.24. The van der Waals surface area contributed by atoms with Gasteiger partial charge in [0.25, 0.3) is 0 Å². The van der Waals surface area contributed by atoms with Gasteiger partial charge in [-0.1, -0.05) is 31.0 Å². The van der Waals surface area contributed by atoms with E-state index in [1.165, 1.54) is 24.1 Å². The van der Waals surface area contributed by atoms with Gasteiger partial charge < -0.3 is 5.32 Å². The Balaban J connectivity index is 1.91. The standard InChI is InChI=1S/C13H18ClNS/c1-2-10-7-8-15-11(9-10)3-4-12-5-6-13(14)16-12/h3-6,10-11,15H,2,7-9H2,1H3/b4-3+. The average molecular weight is 256 g/mol. The summed E-state index contributed by atoms with van der Waals surface area (Å²) >= 11 is 7.53. The van der Waals surface area contributed by atoms with Crippen molar-refractivity contribution in [2.24, 2.45) is 5.92 Å². The largest absolute Gasteiger partial charge is 0.310 e. The van der Waals surface area contributed by atoms with Crippen LogP contribution in [0, 0.1) is 5.92 Å². The van der Waals surface area contributed by atoms with E-state index in [1.54, 1.807) is 11.3 Å². The lowest BCUT2D eigenvalue weighted by molar-refractivity contribution is 0.326. The van der Waals surface area contributed by atoms with Gasteiger partial charge >= 0.3 is 0 Å². The van der Waals surface area contributed by atoms with E-state index in [4.69, 9.17) is 11.6 Å². The van der Waals surface area contributed by atoms with Gasteiger partial charge in [0.2, 0.25) is 0 Å². The summed E-state index contributed by atoms with van der Waals surface area (Å²) in [6, 6.07) is 4.57. The Morgan fingerprint density at radius 2 is 2.44 bits per heavy atom. The number of hydrogen-bond donors (Lipinski definition) is 1. The molecule has 1 aliphatic heterocycles. The first-order valence-electron chi connectivity index (χ1n) is 5.95. The molecule has 0 radical (unpaired) electrons. The van der Waals surface area contributed by atoms with Crippen molar-refractivity contribution in [3.05, 3.63) is 27.4 Å². The van der Waals surface area contributed by atoms with Crippen molar-refractivity contribution in [2.45, 2.75) is 32.2 Å². The van der Waals surface area contributed by atoms with Crippen LogP contribution in [0.4, 0.5) is 0 Å². The Labute approximate surface area is 107 Å². The van der Waals surface area contributed by atoms with Gasteiger partial charge in [0.05, 0.1) is 4.34 Å².